The van der Waals surface area contributed by atoms with Gasteiger partial charge in [-0.05, 0) is 43.5 Å². The van der Waals surface area contributed by atoms with Gasteiger partial charge in [0.1, 0.15) is 5.75 Å². The Morgan fingerprint density at radius 2 is 2.14 bits per heavy atom. The number of carbonyl (C=O) groups is 1. The second-order valence-corrected chi connectivity index (χ2v) is 5.71. The van der Waals surface area contributed by atoms with Crippen molar-refractivity contribution >= 4 is 5.91 Å². The number of piperidine rings is 1. The molecule has 1 heterocycles. The van der Waals surface area contributed by atoms with Crippen molar-refractivity contribution in [3.05, 3.63) is 29.8 Å². The van der Waals surface area contributed by atoms with Crippen LogP contribution in [0.3, 0.4) is 0 Å². The molecule has 116 valence electrons. The van der Waals surface area contributed by atoms with Crippen molar-refractivity contribution < 1.29 is 9.53 Å². The Morgan fingerprint density at radius 1 is 1.38 bits per heavy atom. The molecule has 4 nitrogen and oxygen atoms in total. The van der Waals surface area contributed by atoms with E-state index in [1.165, 1.54) is 13.0 Å². The van der Waals surface area contributed by atoms with Crippen molar-refractivity contribution in [3.63, 3.8) is 0 Å². The zero-order chi connectivity index (χ0) is 15.1. The van der Waals surface area contributed by atoms with Crippen LogP contribution >= 0.6 is 0 Å². The van der Waals surface area contributed by atoms with Gasteiger partial charge in [0.25, 0.3) is 0 Å². The van der Waals surface area contributed by atoms with Gasteiger partial charge in [0.2, 0.25) is 5.91 Å². The van der Waals surface area contributed by atoms with Crippen LogP contribution < -0.4 is 10.1 Å². The predicted molar refractivity (Wildman–Crippen MR) is 84.6 cm³/mol. The zero-order valence-electron chi connectivity index (χ0n) is 13.1. The first kappa shape index (κ1) is 15.8. The van der Waals surface area contributed by atoms with Crippen LogP contribution in [0.4, 0.5) is 0 Å². The molecule has 0 aliphatic carbocycles. The first-order valence-electron chi connectivity index (χ1n) is 7.86. The van der Waals surface area contributed by atoms with Gasteiger partial charge in [0, 0.05) is 19.1 Å². The van der Waals surface area contributed by atoms with Crippen LogP contribution in [0.25, 0.3) is 0 Å². The average Bonchev–Trinajstić information content (AvgIpc) is 2.49. The molecule has 1 amide bonds. The molecule has 0 bridgehead atoms. The van der Waals surface area contributed by atoms with Crippen LogP contribution in [0, 0.1) is 0 Å². The van der Waals surface area contributed by atoms with Crippen LogP contribution in [-0.4, -0.2) is 43.6 Å². The van der Waals surface area contributed by atoms with Crippen LogP contribution in [0.5, 0.6) is 5.75 Å². The van der Waals surface area contributed by atoms with Gasteiger partial charge in [-0.2, -0.15) is 0 Å². The lowest BCUT2D eigenvalue weighted by Gasteiger charge is -2.32. The summed E-state index contributed by atoms with van der Waals surface area (Å²) in [6.45, 7) is 5.57. The second kappa shape index (κ2) is 8.03. The lowest BCUT2D eigenvalue weighted by molar-refractivity contribution is -0.121. The molecule has 1 aromatic rings. The van der Waals surface area contributed by atoms with Crippen molar-refractivity contribution in [2.75, 3.05) is 26.7 Å². The van der Waals surface area contributed by atoms with E-state index in [1.807, 2.05) is 24.3 Å². The molecule has 1 aliphatic rings. The number of nitrogens with one attached hydrogen (secondary N) is 1. The highest BCUT2D eigenvalue weighted by atomic mass is 16.5. The number of likely N-dealkylation sites (tertiary alicyclic amines) is 1. The summed E-state index contributed by atoms with van der Waals surface area (Å²) in [5.74, 6) is 0.908. The molecule has 1 saturated heterocycles. The highest BCUT2D eigenvalue weighted by Gasteiger charge is 2.20. The molecule has 1 N–H and O–H groups in total. The van der Waals surface area contributed by atoms with Gasteiger partial charge < -0.3 is 15.0 Å². The third-order valence-electron chi connectivity index (χ3n) is 3.99. The molecule has 4 heteroatoms. The first-order valence-corrected chi connectivity index (χ1v) is 7.86. The summed E-state index contributed by atoms with van der Waals surface area (Å²) < 4.78 is 5.18. The molecule has 1 fully saturated rings. The maximum atomic E-state index is 12.1. The highest BCUT2D eigenvalue weighted by Crippen LogP contribution is 2.14. The summed E-state index contributed by atoms with van der Waals surface area (Å²) in [5, 5.41) is 3.16. The zero-order valence-corrected chi connectivity index (χ0v) is 13.1. The Bertz CT molecular complexity index is 454. The summed E-state index contributed by atoms with van der Waals surface area (Å²) in [7, 11) is 1.64. The molecule has 1 aromatic carbocycles. The van der Waals surface area contributed by atoms with Gasteiger partial charge in [-0.3, -0.25) is 4.79 Å². The molecule has 0 saturated carbocycles. The average molecular weight is 290 g/mol. The molecule has 0 radical (unpaired) electrons. The number of benzene rings is 1. The van der Waals surface area contributed by atoms with Gasteiger partial charge in [-0.1, -0.05) is 19.1 Å². The third kappa shape index (κ3) is 5.05. The van der Waals surface area contributed by atoms with Crippen LogP contribution in [-0.2, 0) is 11.2 Å². The molecular weight excluding hydrogens is 264 g/mol. The number of hydrogen-bond acceptors (Lipinski definition) is 3. The number of ether oxygens (including phenoxy) is 1. The number of carbonyl (C=O) groups excluding carboxylic acids is 1. The fraction of sp³-hybridized carbons (Fsp3) is 0.588. The summed E-state index contributed by atoms with van der Waals surface area (Å²) in [4.78, 5) is 14.6. The second-order valence-electron chi connectivity index (χ2n) is 5.71. The molecule has 0 spiro atoms. The normalized spacial score (nSPS) is 16.7. The minimum Gasteiger partial charge on any atom is -0.497 e. The van der Waals surface area contributed by atoms with E-state index in [1.54, 1.807) is 7.11 Å². The van der Waals surface area contributed by atoms with Crippen molar-refractivity contribution in [2.45, 2.75) is 38.6 Å². The molecule has 0 unspecified atom stereocenters. The number of methoxy groups -OCH3 is 1. The number of hydrogen-bond donors (Lipinski definition) is 1. The molecule has 21 heavy (non-hydrogen) atoms. The Hall–Kier alpha value is -1.55. The molecule has 0 atom stereocenters. The lowest BCUT2D eigenvalue weighted by Crippen LogP contribution is -2.45. The summed E-state index contributed by atoms with van der Waals surface area (Å²) in [5.41, 5.74) is 0.996. The largest absolute Gasteiger partial charge is 0.497 e. The van der Waals surface area contributed by atoms with E-state index in [0.29, 0.717) is 12.5 Å². The Labute approximate surface area is 127 Å². The van der Waals surface area contributed by atoms with Crippen molar-refractivity contribution in [3.8, 4) is 5.75 Å². The van der Waals surface area contributed by atoms with Crippen LogP contribution in [0.15, 0.2) is 24.3 Å². The molecule has 1 aliphatic heterocycles. The minimum absolute atomic E-state index is 0.109. The maximum absolute atomic E-state index is 12.1. The molecular formula is C17H26N2O2. The van der Waals surface area contributed by atoms with E-state index in [0.717, 1.165) is 37.2 Å². The summed E-state index contributed by atoms with van der Waals surface area (Å²) >= 11 is 0. The van der Waals surface area contributed by atoms with E-state index in [4.69, 9.17) is 4.74 Å². The number of amides is 1. The fourth-order valence-electron chi connectivity index (χ4n) is 2.86. The van der Waals surface area contributed by atoms with Crippen LogP contribution in [0.2, 0.25) is 0 Å². The quantitative estimate of drug-likeness (QED) is 0.873. The minimum atomic E-state index is 0.109. The fourth-order valence-corrected chi connectivity index (χ4v) is 2.86. The Balaban J connectivity index is 1.77. The van der Waals surface area contributed by atoms with Gasteiger partial charge in [-0.15, -0.1) is 0 Å². The van der Waals surface area contributed by atoms with Crippen molar-refractivity contribution in [1.29, 1.82) is 0 Å². The lowest BCUT2D eigenvalue weighted by atomic mass is 10.0. The Kier molecular flexibility index (Phi) is 6.05. The summed E-state index contributed by atoms with van der Waals surface area (Å²) in [6.07, 6.45) is 3.74. The van der Waals surface area contributed by atoms with E-state index in [9.17, 15) is 4.79 Å². The van der Waals surface area contributed by atoms with Crippen molar-refractivity contribution in [2.24, 2.45) is 0 Å². The number of nitrogens with zero attached hydrogens (tertiary/aromatic N) is 1. The molecule has 2 rings (SSSR count). The van der Waals surface area contributed by atoms with Gasteiger partial charge >= 0.3 is 0 Å². The first-order chi connectivity index (χ1) is 10.2. The van der Waals surface area contributed by atoms with Gasteiger partial charge in [0.15, 0.2) is 0 Å². The van der Waals surface area contributed by atoms with Crippen molar-refractivity contribution in [1.82, 2.24) is 10.2 Å². The van der Waals surface area contributed by atoms with E-state index in [2.05, 4.69) is 17.1 Å². The smallest absolute Gasteiger partial charge is 0.224 e. The standard InChI is InChI=1S/C17H26N2O2/c1-3-9-19-10-7-15(8-11-19)18-17(20)13-14-5-4-6-16(12-14)21-2/h4-6,12,15H,3,7-11,13H2,1-2H3,(H,18,20). The number of rotatable bonds is 6. The summed E-state index contributed by atoms with van der Waals surface area (Å²) in [6, 6.07) is 8.03. The van der Waals surface area contributed by atoms with Gasteiger partial charge in [-0.25, -0.2) is 0 Å². The third-order valence-corrected chi connectivity index (χ3v) is 3.99. The monoisotopic (exact) mass is 290 g/mol. The highest BCUT2D eigenvalue weighted by molar-refractivity contribution is 5.79. The van der Waals surface area contributed by atoms with Crippen LogP contribution in [0.1, 0.15) is 31.7 Å². The Morgan fingerprint density at radius 3 is 2.81 bits per heavy atom. The predicted octanol–water partition coefficient (Wildman–Crippen LogP) is 2.23. The SMILES string of the molecule is CCCN1CCC(NC(=O)Cc2cccc(OC)c2)CC1. The van der Waals surface area contributed by atoms with E-state index >= 15 is 0 Å². The van der Waals surface area contributed by atoms with E-state index < -0.39 is 0 Å². The van der Waals surface area contributed by atoms with E-state index in [-0.39, 0.29) is 5.91 Å². The van der Waals surface area contributed by atoms with Gasteiger partial charge in [0.05, 0.1) is 13.5 Å². The molecule has 0 aromatic heterocycles. The maximum Gasteiger partial charge on any atom is 0.224 e. The topological polar surface area (TPSA) is 41.6 Å².